The molecular formula is C23H29FO3. The predicted molar refractivity (Wildman–Crippen MR) is 107 cm³/mol. The second kappa shape index (κ2) is 9.20. The normalized spacial score (nSPS) is 19.9. The molecular weight excluding hydrogens is 343 g/mol. The average molecular weight is 372 g/mol. The van der Waals surface area contributed by atoms with Crippen molar-refractivity contribution in [2.24, 2.45) is 5.92 Å². The Balaban J connectivity index is 1.78. The Morgan fingerprint density at radius 3 is 2.78 bits per heavy atom. The first-order valence-corrected chi connectivity index (χ1v) is 10.1. The van der Waals surface area contributed by atoms with Crippen molar-refractivity contribution in [3.05, 3.63) is 52.9 Å². The summed E-state index contributed by atoms with van der Waals surface area (Å²) in [5.41, 5.74) is -0.602. The van der Waals surface area contributed by atoms with E-state index >= 15 is 0 Å². The fraction of sp³-hybridized carbons (Fsp3) is 0.522. The molecule has 1 aliphatic rings. The first-order valence-electron chi connectivity index (χ1n) is 10.1. The largest absolute Gasteiger partial charge is 0.490 e. The van der Waals surface area contributed by atoms with Crippen molar-refractivity contribution in [3.8, 4) is 5.75 Å². The van der Waals surface area contributed by atoms with Gasteiger partial charge in [0.05, 0.1) is 6.61 Å². The maximum Gasteiger partial charge on any atom is 0.346 e. The maximum absolute atomic E-state index is 14.7. The second-order valence-corrected chi connectivity index (χ2v) is 7.56. The van der Waals surface area contributed by atoms with Crippen LogP contribution in [0.4, 0.5) is 4.39 Å². The van der Waals surface area contributed by atoms with Crippen LogP contribution in [-0.2, 0) is 0 Å². The molecule has 1 fully saturated rings. The van der Waals surface area contributed by atoms with Gasteiger partial charge < -0.3 is 9.15 Å². The molecule has 3 nitrogen and oxygen atoms in total. The minimum Gasteiger partial charge on any atom is -0.490 e. The topological polar surface area (TPSA) is 39.4 Å². The molecule has 2 aromatic rings. The van der Waals surface area contributed by atoms with Crippen LogP contribution in [0.15, 0.2) is 40.1 Å². The number of fused-ring (bicyclic) bond motifs is 1. The minimum atomic E-state index is -0.614. The van der Waals surface area contributed by atoms with E-state index in [2.05, 4.69) is 6.58 Å². The summed E-state index contributed by atoms with van der Waals surface area (Å²) < 4.78 is 25.7. The third-order valence-corrected chi connectivity index (χ3v) is 5.63. The quantitative estimate of drug-likeness (QED) is 0.400. The van der Waals surface area contributed by atoms with Gasteiger partial charge in [0.25, 0.3) is 0 Å². The molecule has 0 bridgehead atoms. The van der Waals surface area contributed by atoms with E-state index in [0.29, 0.717) is 17.8 Å². The Kier molecular flexibility index (Phi) is 6.70. The zero-order valence-corrected chi connectivity index (χ0v) is 16.1. The molecule has 1 saturated carbocycles. The Morgan fingerprint density at radius 1 is 1.30 bits per heavy atom. The second-order valence-electron chi connectivity index (χ2n) is 7.56. The highest BCUT2D eigenvalue weighted by Gasteiger charge is 2.25. The van der Waals surface area contributed by atoms with Gasteiger partial charge in [0.2, 0.25) is 0 Å². The van der Waals surface area contributed by atoms with Crippen LogP contribution >= 0.6 is 0 Å². The molecule has 0 saturated heterocycles. The molecule has 0 radical (unpaired) electrons. The number of ether oxygens (including phenoxy) is 1. The number of halogens is 1. The summed E-state index contributed by atoms with van der Waals surface area (Å²) in [6.07, 6.45) is 10.3. The van der Waals surface area contributed by atoms with Crippen molar-refractivity contribution in [3.63, 3.8) is 0 Å². The van der Waals surface area contributed by atoms with Crippen molar-refractivity contribution in [1.29, 1.82) is 0 Å². The molecule has 4 heteroatoms. The Hall–Kier alpha value is -2.10. The van der Waals surface area contributed by atoms with Crippen molar-refractivity contribution in [2.75, 3.05) is 6.61 Å². The van der Waals surface area contributed by atoms with E-state index in [4.69, 9.17) is 9.15 Å². The van der Waals surface area contributed by atoms with Gasteiger partial charge in [-0.3, -0.25) is 0 Å². The van der Waals surface area contributed by atoms with Crippen LogP contribution in [0.5, 0.6) is 5.75 Å². The molecule has 1 aromatic carbocycles. The van der Waals surface area contributed by atoms with Gasteiger partial charge in [-0.1, -0.05) is 25.5 Å². The zero-order valence-electron chi connectivity index (χ0n) is 16.1. The molecule has 3 rings (SSSR count). The third kappa shape index (κ3) is 4.60. The molecule has 0 spiro atoms. The zero-order chi connectivity index (χ0) is 19.2. The molecule has 0 unspecified atom stereocenters. The van der Waals surface area contributed by atoms with Gasteiger partial charge >= 0.3 is 5.63 Å². The molecule has 0 N–H and O–H groups in total. The summed E-state index contributed by atoms with van der Waals surface area (Å²) in [6, 6.07) is 5.21. The van der Waals surface area contributed by atoms with Crippen LogP contribution in [0.2, 0.25) is 0 Å². The van der Waals surface area contributed by atoms with Crippen LogP contribution in [0.1, 0.15) is 70.0 Å². The number of unbranched alkanes of at least 4 members (excludes halogenated alkanes) is 1. The Labute approximate surface area is 160 Å². The molecule has 0 aliphatic heterocycles. The number of hydrogen-bond acceptors (Lipinski definition) is 3. The van der Waals surface area contributed by atoms with E-state index in [-0.39, 0.29) is 17.1 Å². The highest BCUT2D eigenvalue weighted by molar-refractivity contribution is 5.83. The van der Waals surface area contributed by atoms with Crippen LogP contribution in [0.25, 0.3) is 10.8 Å². The van der Waals surface area contributed by atoms with E-state index in [1.807, 2.05) is 19.1 Å². The Bertz CT molecular complexity index is 831. The van der Waals surface area contributed by atoms with Gasteiger partial charge in [0, 0.05) is 5.92 Å². The van der Waals surface area contributed by atoms with Gasteiger partial charge in [-0.25, -0.2) is 9.18 Å². The van der Waals surface area contributed by atoms with Crippen molar-refractivity contribution in [2.45, 2.75) is 64.2 Å². The van der Waals surface area contributed by atoms with Crippen molar-refractivity contribution in [1.82, 2.24) is 0 Å². The summed E-state index contributed by atoms with van der Waals surface area (Å²) >= 11 is 0. The molecule has 1 aromatic heterocycles. The summed E-state index contributed by atoms with van der Waals surface area (Å²) in [5, 5.41) is 0.586. The molecule has 27 heavy (non-hydrogen) atoms. The van der Waals surface area contributed by atoms with E-state index in [1.54, 1.807) is 12.1 Å². The summed E-state index contributed by atoms with van der Waals surface area (Å²) in [5.74, 6) is 1.17. The SMILES string of the molecule is C=CCCC1CCC(c2cc3ccc(OCCCC)c(F)c3c(=O)o2)CC1. The predicted octanol–water partition coefficient (Wildman–Crippen LogP) is 6.35. The minimum absolute atomic E-state index is 0.00702. The lowest BCUT2D eigenvalue weighted by Gasteiger charge is -2.27. The first kappa shape index (κ1) is 19.7. The summed E-state index contributed by atoms with van der Waals surface area (Å²) in [6.45, 7) is 6.28. The standard InChI is InChI=1S/C23H29FO3/c1-3-5-7-16-8-10-17(11-9-16)20-15-18-12-13-19(26-14-6-4-2)22(24)21(18)23(25)27-20/h3,12-13,15-17H,1,4-11,14H2,2H3. The van der Waals surface area contributed by atoms with Crippen molar-refractivity contribution >= 4 is 10.8 Å². The highest BCUT2D eigenvalue weighted by atomic mass is 19.1. The first-order chi connectivity index (χ1) is 13.1. The number of rotatable bonds is 8. The maximum atomic E-state index is 14.7. The van der Waals surface area contributed by atoms with Crippen molar-refractivity contribution < 1.29 is 13.5 Å². The van der Waals surface area contributed by atoms with Crippen LogP contribution in [0, 0.1) is 11.7 Å². The van der Waals surface area contributed by atoms with E-state index in [0.717, 1.165) is 50.9 Å². The molecule has 0 atom stereocenters. The summed E-state index contributed by atoms with van der Waals surface area (Å²) in [7, 11) is 0. The van der Waals surface area contributed by atoms with Gasteiger partial charge in [-0.05, 0) is 68.4 Å². The summed E-state index contributed by atoms with van der Waals surface area (Å²) in [4.78, 5) is 12.5. The average Bonchev–Trinajstić information content (AvgIpc) is 2.68. The number of hydrogen-bond donors (Lipinski definition) is 0. The third-order valence-electron chi connectivity index (χ3n) is 5.63. The van der Waals surface area contributed by atoms with Gasteiger partial charge in [0.1, 0.15) is 11.1 Å². The fourth-order valence-electron chi connectivity index (χ4n) is 3.97. The smallest absolute Gasteiger partial charge is 0.346 e. The van der Waals surface area contributed by atoms with E-state index in [9.17, 15) is 9.18 Å². The monoisotopic (exact) mass is 372 g/mol. The van der Waals surface area contributed by atoms with Crippen LogP contribution < -0.4 is 10.4 Å². The number of benzene rings is 1. The lowest BCUT2D eigenvalue weighted by molar-refractivity contribution is 0.281. The lowest BCUT2D eigenvalue weighted by Crippen LogP contribution is -2.15. The molecule has 0 amide bonds. The van der Waals surface area contributed by atoms with Gasteiger partial charge in [-0.2, -0.15) is 0 Å². The fourth-order valence-corrected chi connectivity index (χ4v) is 3.97. The van der Waals surface area contributed by atoms with E-state index < -0.39 is 11.4 Å². The lowest BCUT2D eigenvalue weighted by atomic mass is 9.79. The van der Waals surface area contributed by atoms with Gasteiger partial charge in [-0.15, -0.1) is 6.58 Å². The van der Waals surface area contributed by atoms with Crippen LogP contribution in [0.3, 0.4) is 0 Å². The highest BCUT2D eigenvalue weighted by Crippen LogP contribution is 2.38. The molecule has 1 heterocycles. The van der Waals surface area contributed by atoms with Gasteiger partial charge in [0.15, 0.2) is 11.6 Å². The van der Waals surface area contributed by atoms with E-state index in [1.165, 1.54) is 6.42 Å². The number of allylic oxidation sites excluding steroid dienone is 1. The molecule has 1 aliphatic carbocycles. The molecule has 146 valence electrons. The Morgan fingerprint density at radius 2 is 2.07 bits per heavy atom. The van der Waals surface area contributed by atoms with Crippen LogP contribution in [-0.4, -0.2) is 6.61 Å².